The fraction of sp³-hybridized carbons (Fsp3) is 0.350. The summed E-state index contributed by atoms with van der Waals surface area (Å²) in [5.74, 6) is 0.678. The summed E-state index contributed by atoms with van der Waals surface area (Å²) in [5.41, 5.74) is 9.20. The van der Waals surface area contributed by atoms with E-state index in [1.165, 1.54) is 5.56 Å². The van der Waals surface area contributed by atoms with Crippen molar-refractivity contribution < 1.29 is 9.53 Å². The van der Waals surface area contributed by atoms with Gasteiger partial charge in [0.25, 0.3) is 5.91 Å². The van der Waals surface area contributed by atoms with Gasteiger partial charge in [-0.2, -0.15) is 0 Å². The van der Waals surface area contributed by atoms with E-state index in [0.29, 0.717) is 6.54 Å². The Balaban J connectivity index is 2.08. The highest BCUT2D eigenvalue weighted by Crippen LogP contribution is 2.40. The van der Waals surface area contributed by atoms with Gasteiger partial charge in [0.1, 0.15) is 5.75 Å². The van der Waals surface area contributed by atoms with Crippen LogP contribution in [0.25, 0.3) is 0 Å². The van der Waals surface area contributed by atoms with E-state index in [9.17, 15) is 4.79 Å². The molecule has 1 atom stereocenters. The SMILES string of the molecule is Cc1ccccc1CN1C(=O)C(C)(C)Oc2ccc(C(C)N)cc21. The molecule has 1 amide bonds. The van der Waals surface area contributed by atoms with Crippen LogP contribution in [0.1, 0.15) is 43.5 Å². The Kier molecular flexibility index (Phi) is 4.10. The number of rotatable bonds is 3. The number of amides is 1. The lowest BCUT2D eigenvalue weighted by atomic mass is 9.99. The smallest absolute Gasteiger partial charge is 0.271 e. The second-order valence-corrected chi connectivity index (χ2v) is 6.95. The highest BCUT2D eigenvalue weighted by Gasteiger charge is 2.41. The molecular formula is C20H24N2O2. The molecule has 0 radical (unpaired) electrons. The molecule has 1 aliphatic heterocycles. The Bertz CT molecular complexity index is 781. The summed E-state index contributed by atoms with van der Waals surface area (Å²) in [6, 6.07) is 13.9. The summed E-state index contributed by atoms with van der Waals surface area (Å²) in [6.07, 6.45) is 0. The van der Waals surface area contributed by atoms with Gasteiger partial charge in [-0.15, -0.1) is 0 Å². The molecule has 0 aliphatic carbocycles. The molecule has 2 N–H and O–H groups in total. The second-order valence-electron chi connectivity index (χ2n) is 6.95. The lowest BCUT2D eigenvalue weighted by molar-refractivity contribution is -0.132. The van der Waals surface area contributed by atoms with E-state index in [1.54, 1.807) is 0 Å². The van der Waals surface area contributed by atoms with Crippen LogP contribution in [0.15, 0.2) is 42.5 Å². The van der Waals surface area contributed by atoms with Crippen LogP contribution in [-0.4, -0.2) is 11.5 Å². The summed E-state index contributed by atoms with van der Waals surface area (Å²) in [6.45, 7) is 8.13. The number of ether oxygens (including phenoxy) is 1. The Morgan fingerprint density at radius 3 is 2.58 bits per heavy atom. The van der Waals surface area contributed by atoms with Crippen LogP contribution in [0.2, 0.25) is 0 Å². The zero-order chi connectivity index (χ0) is 17.5. The topological polar surface area (TPSA) is 55.6 Å². The Morgan fingerprint density at radius 2 is 1.92 bits per heavy atom. The van der Waals surface area contributed by atoms with E-state index in [0.717, 1.165) is 22.6 Å². The van der Waals surface area contributed by atoms with Crippen molar-refractivity contribution in [2.45, 2.75) is 45.9 Å². The monoisotopic (exact) mass is 324 g/mol. The first kappa shape index (κ1) is 16.5. The minimum atomic E-state index is -0.883. The predicted octanol–water partition coefficient (Wildman–Crippen LogP) is 3.72. The first-order valence-electron chi connectivity index (χ1n) is 8.24. The number of benzene rings is 2. The van der Waals surface area contributed by atoms with Crippen molar-refractivity contribution in [2.75, 3.05) is 4.90 Å². The largest absolute Gasteiger partial charge is 0.476 e. The Hall–Kier alpha value is -2.33. The lowest BCUT2D eigenvalue weighted by Gasteiger charge is -2.39. The van der Waals surface area contributed by atoms with Gasteiger partial charge in [-0.05, 0) is 56.5 Å². The van der Waals surface area contributed by atoms with Crippen LogP contribution in [0.4, 0.5) is 5.69 Å². The molecule has 0 spiro atoms. The number of aryl methyl sites for hydroxylation is 1. The third-order valence-corrected chi connectivity index (χ3v) is 4.51. The minimum absolute atomic E-state index is 0.0416. The third kappa shape index (κ3) is 2.89. The molecule has 4 nitrogen and oxygen atoms in total. The minimum Gasteiger partial charge on any atom is -0.476 e. The second kappa shape index (κ2) is 5.95. The number of nitrogens with zero attached hydrogens (tertiary/aromatic N) is 1. The normalized spacial score (nSPS) is 17.2. The maximum atomic E-state index is 13.0. The average Bonchev–Trinajstić information content (AvgIpc) is 2.52. The highest BCUT2D eigenvalue weighted by atomic mass is 16.5. The van der Waals surface area contributed by atoms with Gasteiger partial charge in [0.2, 0.25) is 0 Å². The van der Waals surface area contributed by atoms with Gasteiger partial charge in [-0.1, -0.05) is 30.3 Å². The molecule has 2 aromatic rings. The molecule has 126 valence electrons. The highest BCUT2D eigenvalue weighted by molar-refractivity contribution is 6.02. The molecule has 0 saturated carbocycles. The number of hydrogen-bond acceptors (Lipinski definition) is 3. The molecule has 1 unspecified atom stereocenters. The Labute approximate surface area is 143 Å². The fourth-order valence-corrected chi connectivity index (χ4v) is 2.98. The van der Waals surface area contributed by atoms with Crippen LogP contribution in [0.5, 0.6) is 5.75 Å². The predicted molar refractivity (Wildman–Crippen MR) is 96.1 cm³/mol. The van der Waals surface area contributed by atoms with Crippen LogP contribution in [0, 0.1) is 6.92 Å². The van der Waals surface area contributed by atoms with Crippen LogP contribution in [0.3, 0.4) is 0 Å². The zero-order valence-electron chi connectivity index (χ0n) is 14.7. The van der Waals surface area contributed by atoms with Gasteiger partial charge in [0, 0.05) is 6.04 Å². The van der Waals surface area contributed by atoms with Gasteiger partial charge >= 0.3 is 0 Å². The average molecular weight is 324 g/mol. The number of nitrogens with two attached hydrogens (primary N) is 1. The fourth-order valence-electron chi connectivity index (χ4n) is 2.98. The van der Waals surface area contributed by atoms with Crippen LogP contribution >= 0.6 is 0 Å². The van der Waals surface area contributed by atoms with Crippen LogP contribution in [-0.2, 0) is 11.3 Å². The molecule has 1 heterocycles. The molecule has 3 rings (SSSR count). The summed E-state index contributed by atoms with van der Waals surface area (Å²) < 4.78 is 5.93. The molecule has 0 aromatic heterocycles. The van der Waals surface area contributed by atoms with E-state index in [4.69, 9.17) is 10.5 Å². The van der Waals surface area contributed by atoms with E-state index >= 15 is 0 Å². The standard InChI is InChI=1S/C20H24N2O2/c1-13-7-5-6-8-16(13)12-22-17-11-15(14(2)21)9-10-18(17)24-20(3,4)19(22)23/h5-11,14H,12,21H2,1-4H3. The molecular weight excluding hydrogens is 300 g/mol. The van der Waals surface area contributed by atoms with E-state index < -0.39 is 5.60 Å². The molecule has 1 aliphatic rings. The molecule has 0 bridgehead atoms. The summed E-state index contributed by atoms with van der Waals surface area (Å²) in [7, 11) is 0. The van der Waals surface area contributed by atoms with Crippen molar-refractivity contribution in [3.05, 3.63) is 59.2 Å². The quantitative estimate of drug-likeness (QED) is 0.936. The van der Waals surface area contributed by atoms with Gasteiger partial charge in [-0.25, -0.2) is 0 Å². The first-order chi connectivity index (χ1) is 11.3. The molecule has 4 heteroatoms. The lowest BCUT2D eigenvalue weighted by Crippen LogP contribution is -2.52. The molecule has 24 heavy (non-hydrogen) atoms. The molecule has 0 saturated heterocycles. The first-order valence-corrected chi connectivity index (χ1v) is 8.24. The summed E-state index contributed by atoms with van der Waals surface area (Å²) in [4.78, 5) is 14.8. The van der Waals surface area contributed by atoms with Gasteiger partial charge in [-0.3, -0.25) is 4.79 Å². The van der Waals surface area contributed by atoms with Crippen LogP contribution < -0.4 is 15.4 Å². The van der Waals surface area contributed by atoms with Crippen molar-refractivity contribution in [2.24, 2.45) is 5.73 Å². The van der Waals surface area contributed by atoms with Crippen molar-refractivity contribution in [1.82, 2.24) is 0 Å². The summed E-state index contributed by atoms with van der Waals surface area (Å²) in [5, 5.41) is 0. The van der Waals surface area contributed by atoms with Crippen molar-refractivity contribution in [3.8, 4) is 5.75 Å². The van der Waals surface area contributed by atoms with Gasteiger partial charge in [0.15, 0.2) is 5.60 Å². The zero-order valence-corrected chi connectivity index (χ0v) is 14.7. The number of hydrogen-bond donors (Lipinski definition) is 1. The third-order valence-electron chi connectivity index (χ3n) is 4.51. The number of anilines is 1. The van der Waals surface area contributed by atoms with Gasteiger partial charge < -0.3 is 15.4 Å². The van der Waals surface area contributed by atoms with Crippen molar-refractivity contribution >= 4 is 11.6 Å². The van der Waals surface area contributed by atoms with Gasteiger partial charge in [0.05, 0.1) is 12.2 Å². The summed E-state index contributed by atoms with van der Waals surface area (Å²) >= 11 is 0. The maximum Gasteiger partial charge on any atom is 0.271 e. The van der Waals surface area contributed by atoms with Crippen molar-refractivity contribution in [1.29, 1.82) is 0 Å². The van der Waals surface area contributed by atoms with E-state index in [-0.39, 0.29) is 11.9 Å². The number of carbonyl (C=O) groups is 1. The maximum absolute atomic E-state index is 13.0. The van der Waals surface area contributed by atoms with E-state index in [2.05, 4.69) is 19.1 Å². The molecule has 0 fully saturated rings. The number of carbonyl (C=O) groups excluding carboxylic acids is 1. The number of fused-ring (bicyclic) bond motifs is 1. The van der Waals surface area contributed by atoms with Crippen molar-refractivity contribution in [3.63, 3.8) is 0 Å². The molecule has 2 aromatic carbocycles. The Morgan fingerprint density at radius 1 is 1.21 bits per heavy atom. The van der Waals surface area contributed by atoms with E-state index in [1.807, 2.05) is 56.0 Å².